The number of rotatable bonds is 4. The third-order valence-electron chi connectivity index (χ3n) is 4.69. The normalized spacial score (nSPS) is 26.6. The first-order chi connectivity index (χ1) is 9.51. The smallest absolute Gasteiger partial charge is 0.128 e. The summed E-state index contributed by atoms with van der Waals surface area (Å²) in [4.78, 5) is 0. The van der Waals surface area contributed by atoms with Crippen LogP contribution in [-0.2, 0) is 5.60 Å². The molecule has 3 heteroatoms. The summed E-state index contributed by atoms with van der Waals surface area (Å²) >= 11 is 0. The van der Waals surface area contributed by atoms with Gasteiger partial charge in [-0.15, -0.1) is 0 Å². The molecular formula is C17H27NO2. The first kappa shape index (κ1) is 15.3. The fraction of sp³-hybridized carbons (Fsp3) is 0.647. The zero-order valence-corrected chi connectivity index (χ0v) is 13.1. The molecule has 0 aromatic heterocycles. The molecule has 2 N–H and O–H groups in total. The van der Waals surface area contributed by atoms with E-state index in [9.17, 15) is 5.11 Å². The number of hydrogen-bond donors (Lipinski definition) is 2. The zero-order chi connectivity index (χ0) is 14.8. The van der Waals surface area contributed by atoms with Crippen LogP contribution in [-0.4, -0.2) is 24.8 Å². The standard InChI is InChI=1S/C17H27NO2/c1-5-18-14-8-10-17(19,11-9-14)15-7-6-12(2)13(3)16(15)20-4/h6-7,14,18-19H,5,8-11H2,1-4H3. The maximum absolute atomic E-state index is 11.0. The van der Waals surface area contributed by atoms with Gasteiger partial charge in [-0.05, 0) is 57.2 Å². The number of hydrogen-bond acceptors (Lipinski definition) is 3. The predicted octanol–water partition coefficient (Wildman–Crippen LogP) is 3.05. The highest BCUT2D eigenvalue weighted by Gasteiger charge is 2.37. The van der Waals surface area contributed by atoms with Crippen molar-refractivity contribution in [1.82, 2.24) is 5.32 Å². The van der Waals surface area contributed by atoms with E-state index in [4.69, 9.17) is 4.74 Å². The summed E-state index contributed by atoms with van der Waals surface area (Å²) in [6.45, 7) is 7.27. The topological polar surface area (TPSA) is 41.5 Å². The lowest BCUT2D eigenvalue weighted by molar-refractivity contribution is -0.0101. The fourth-order valence-electron chi connectivity index (χ4n) is 3.28. The Morgan fingerprint density at radius 3 is 2.50 bits per heavy atom. The summed E-state index contributed by atoms with van der Waals surface area (Å²) in [7, 11) is 1.69. The Bertz CT molecular complexity index is 462. The van der Waals surface area contributed by atoms with Crippen LogP contribution in [0, 0.1) is 13.8 Å². The molecule has 0 heterocycles. The molecule has 1 aromatic rings. The SMILES string of the molecule is CCNC1CCC(O)(c2ccc(C)c(C)c2OC)CC1. The molecule has 0 radical (unpaired) electrons. The van der Waals surface area contributed by atoms with E-state index in [1.807, 2.05) is 6.07 Å². The first-order valence-electron chi connectivity index (χ1n) is 7.62. The second-order valence-electron chi connectivity index (χ2n) is 5.95. The number of ether oxygens (including phenoxy) is 1. The first-order valence-corrected chi connectivity index (χ1v) is 7.62. The lowest BCUT2D eigenvalue weighted by atomic mass is 9.76. The molecule has 0 amide bonds. The summed E-state index contributed by atoms with van der Waals surface area (Å²) in [6, 6.07) is 4.66. The average molecular weight is 277 g/mol. The monoisotopic (exact) mass is 277 g/mol. The van der Waals surface area contributed by atoms with Gasteiger partial charge < -0.3 is 15.2 Å². The average Bonchev–Trinajstić information content (AvgIpc) is 2.44. The van der Waals surface area contributed by atoms with Crippen molar-refractivity contribution < 1.29 is 9.84 Å². The quantitative estimate of drug-likeness (QED) is 0.889. The van der Waals surface area contributed by atoms with E-state index >= 15 is 0 Å². The van der Waals surface area contributed by atoms with Crippen LogP contribution in [0.2, 0.25) is 0 Å². The Balaban J connectivity index is 2.25. The minimum absolute atomic E-state index is 0.540. The van der Waals surface area contributed by atoms with Crippen LogP contribution < -0.4 is 10.1 Å². The van der Waals surface area contributed by atoms with E-state index in [1.165, 1.54) is 5.56 Å². The molecule has 0 bridgehead atoms. The molecule has 1 aromatic carbocycles. The van der Waals surface area contributed by atoms with Crippen molar-refractivity contribution in [1.29, 1.82) is 0 Å². The third kappa shape index (κ3) is 2.84. The molecular weight excluding hydrogens is 250 g/mol. The summed E-state index contributed by atoms with van der Waals surface area (Å²) in [5.74, 6) is 0.856. The van der Waals surface area contributed by atoms with Crippen molar-refractivity contribution in [3.8, 4) is 5.75 Å². The summed E-state index contributed by atoms with van der Waals surface area (Å²) in [6.07, 6.45) is 3.62. The Hall–Kier alpha value is -1.06. The van der Waals surface area contributed by atoms with Gasteiger partial charge in [0.2, 0.25) is 0 Å². The Kier molecular flexibility index (Phi) is 4.71. The highest BCUT2D eigenvalue weighted by Crippen LogP contribution is 2.42. The van der Waals surface area contributed by atoms with Crippen LogP contribution in [0.3, 0.4) is 0 Å². The molecule has 0 saturated heterocycles. The van der Waals surface area contributed by atoms with Crippen LogP contribution in [0.4, 0.5) is 0 Å². The van der Waals surface area contributed by atoms with Crippen molar-refractivity contribution in [2.45, 2.75) is 58.1 Å². The molecule has 1 aliphatic carbocycles. The van der Waals surface area contributed by atoms with E-state index in [0.717, 1.165) is 49.1 Å². The van der Waals surface area contributed by atoms with Gasteiger partial charge in [0.25, 0.3) is 0 Å². The number of aliphatic hydroxyl groups is 1. The van der Waals surface area contributed by atoms with Crippen molar-refractivity contribution in [2.24, 2.45) is 0 Å². The van der Waals surface area contributed by atoms with Crippen molar-refractivity contribution in [3.05, 3.63) is 28.8 Å². The lowest BCUT2D eigenvalue weighted by Crippen LogP contribution is -2.39. The summed E-state index contributed by atoms with van der Waals surface area (Å²) < 4.78 is 5.57. The molecule has 0 atom stereocenters. The summed E-state index contributed by atoms with van der Waals surface area (Å²) in [5, 5.41) is 14.5. The highest BCUT2D eigenvalue weighted by atomic mass is 16.5. The number of methoxy groups -OCH3 is 1. The minimum atomic E-state index is -0.740. The Morgan fingerprint density at radius 1 is 1.30 bits per heavy atom. The largest absolute Gasteiger partial charge is 0.496 e. The molecule has 112 valence electrons. The van der Waals surface area contributed by atoms with Gasteiger partial charge in [-0.1, -0.05) is 19.1 Å². The van der Waals surface area contributed by atoms with Gasteiger partial charge in [-0.3, -0.25) is 0 Å². The zero-order valence-electron chi connectivity index (χ0n) is 13.1. The molecule has 1 aliphatic rings. The number of benzene rings is 1. The highest BCUT2D eigenvalue weighted by molar-refractivity contribution is 5.48. The molecule has 20 heavy (non-hydrogen) atoms. The van der Waals surface area contributed by atoms with Crippen molar-refractivity contribution in [3.63, 3.8) is 0 Å². The van der Waals surface area contributed by atoms with Crippen molar-refractivity contribution in [2.75, 3.05) is 13.7 Å². The second kappa shape index (κ2) is 6.15. The van der Waals surface area contributed by atoms with Gasteiger partial charge in [0.05, 0.1) is 12.7 Å². The van der Waals surface area contributed by atoms with E-state index in [1.54, 1.807) is 7.11 Å². The molecule has 0 aliphatic heterocycles. The van der Waals surface area contributed by atoms with E-state index in [-0.39, 0.29) is 0 Å². The number of nitrogens with one attached hydrogen (secondary N) is 1. The van der Waals surface area contributed by atoms with Gasteiger partial charge in [-0.25, -0.2) is 0 Å². The number of aryl methyl sites for hydroxylation is 1. The summed E-state index contributed by atoms with van der Waals surface area (Å²) in [5.41, 5.74) is 2.55. The second-order valence-corrected chi connectivity index (χ2v) is 5.95. The Morgan fingerprint density at radius 2 is 1.95 bits per heavy atom. The third-order valence-corrected chi connectivity index (χ3v) is 4.69. The molecule has 1 saturated carbocycles. The maximum Gasteiger partial charge on any atom is 0.128 e. The molecule has 1 fully saturated rings. The van der Waals surface area contributed by atoms with Crippen LogP contribution in [0.1, 0.15) is 49.3 Å². The van der Waals surface area contributed by atoms with E-state index in [2.05, 4.69) is 32.2 Å². The minimum Gasteiger partial charge on any atom is -0.496 e. The van der Waals surface area contributed by atoms with Crippen LogP contribution >= 0.6 is 0 Å². The van der Waals surface area contributed by atoms with E-state index < -0.39 is 5.60 Å². The van der Waals surface area contributed by atoms with Gasteiger partial charge in [0.1, 0.15) is 5.75 Å². The van der Waals surface area contributed by atoms with Gasteiger partial charge >= 0.3 is 0 Å². The fourth-order valence-corrected chi connectivity index (χ4v) is 3.28. The van der Waals surface area contributed by atoms with Crippen LogP contribution in [0.25, 0.3) is 0 Å². The van der Waals surface area contributed by atoms with Gasteiger partial charge in [-0.2, -0.15) is 0 Å². The predicted molar refractivity (Wildman–Crippen MR) is 82.3 cm³/mol. The maximum atomic E-state index is 11.0. The Labute approximate surface area is 122 Å². The van der Waals surface area contributed by atoms with E-state index in [0.29, 0.717) is 6.04 Å². The van der Waals surface area contributed by atoms with Crippen molar-refractivity contribution >= 4 is 0 Å². The molecule has 3 nitrogen and oxygen atoms in total. The van der Waals surface area contributed by atoms with Gasteiger partial charge in [0, 0.05) is 11.6 Å². The molecule has 2 rings (SSSR count). The lowest BCUT2D eigenvalue weighted by Gasteiger charge is -2.37. The molecule has 0 unspecified atom stereocenters. The van der Waals surface area contributed by atoms with Crippen LogP contribution in [0.5, 0.6) is 5.75 Å². The van der Waals surface area contributed by atoms with Crippen LogP contribution in [0.15, 0.2) is 12.1 Å². The van der Waals surface area contributed by atoms with Gasteiger partial charge in [0.15, 0.2) is 0 Å². The molecule has 0 spiro atoms.